The molecule has 0 heteroatoms. The number of terminal acetylenes is 1. The Bertz CT molecular complexity index is 839. The van der Waals surface area contributed by atoms with Gasteiger partial charge in [-0.1, -0.05) is 72.8 Å². The molecule has 0 nitrogen and oxygen atoms in total. The zero-order valence-electron chi connectivity index (χ0n) is 14.8. The Hall–Kier alpha value is -2.78. The van der Waals surface area contributed by atoms with Crippen molar-refractivity contribution in [3.8, 4) is 12.3 Å². The first-order valence-electron chi connectivity index (χ1n) is 8.10. The maximum absolute atomic E-state index is 5.54. The molecule has 120 valence electrons. The average molecular weight is 312 g/mol. The zero-order chi connectivity index (χ0) is 17.7. The van der Waals surface area contributed by atoms with Crippen LogP contribution in [0.4, 0.5) is 0 Å². The topological polar surface area (TPSA) is 0 Å². The Morgan fingerprint density at radius 3 is 2.29 bits per heavy atom. The summed E-state index contributed by atoms with van der Waals surface area (Å²) in [6.07, 6.45) is 6.05. The third-order valence-corrected chi connectivity index (χ3v) is 4.07. The maximum atomic E-state index is 5.54. The number of rotatable bonds is 5. The first-order valence-corrected chi connectivity index (χ1v) is 8.10. The lowest BCUT2D eigenvalue weighted by Crippen LogP contribution is -2.01. The van der Waals surface area contributed by atoms with Crippen molar-refractivity contribution in [2.75, 3.05) is 0 Å². The fourth-order valence-electron chi connectivity index (χ4n) is 2.95. The van der Waals surface area contributed by atoms with Gasteiger partial charge in [0.15, 0.2) is 0 Å². The van der Waals surface area contributed by atoms with E-state index in [-0.39, 0.29) is 0 Å². The van der Waals surface area contributed by atoms with Gasteiger partial charge in [0.25, 0.3) is 0 Å². The molecule has 2 aromatic rings. The molecule has 0 saturated carbocycles. The van der Waals surface area contributed by atoms with Crippen molar-refractivity contribution in [2.24, 2.45) is 0 Å². The summed E-state index contributed by atoms with van der Waals surface area (Å²) in [7, 11) is 0. The molecule has 0 saturated heterocycles. The van der Waals surface area contributed by atoms with Crippen molar-refractivity contribution in [3.05, 3.63) is 101 Å². The van der Waals surface area contributed by atoms with Gasteiger partial charge >= 0.3 is 0 Å². The van der Waals surface area contributed by atoms with Crippen LogP contribution in [0.25, 0.3) is 5.57 Å². The first kappa shape index (κ1) is 17.6. The minimum atomic E-state index is 0.517. The van der Waals surface area contributed by atoms with Crippen molar-refractivity contribution in [1.82, 2.24) is 0 Å². The molecule has 0 spiro atoms. The van der Waals surface area contributed by atoms with Crippen LogP contribution in [0, 0.1) is 26.2 Å². The second-order valence-corrected chi connectivity index (χ2v) is 6.20. The number of benzene rings is 2. The van der Waals surface area contributed by atoms with E-state index in [1.807, 2.05) is 13.0 Å². The predicted octanol–water partition coefficient (Wildman–Crippen LogP) is 6.26. The van der Waals surface area contributed by atoms with Crippen LogP contribution in [-0.4, -0.2) is 0 Å². The largest absolute Gasteiger partial charge is 0.120 e. The summed E-state index contributed by atoms with van der Waals surface area (Å²) < 4.78 is 0. The van der Waals surface area contributed by atoms with Crippen molar-refractivity contribution in [3.63, 3.8) is 0 Å². The molecule has 0 unspecified atom stereocenters. The van der Waals surface area contributed by atoms with Gasteiger partial charge in [0, 0.05) is 6.42 Å². The van der Waals surface area contributed by atoms with E-state index < -0.39 is 0 Å². The summed E-state index contributed by atoms with van der Waals surface area (Å²) in [6, 6.07) is 16.9. The third-order valence-electron chi connectivity index (χ3n) is 4.07. The van der Waals surface area contributed by atoms with Crippen LogP contribution in [0.1, 0.15) is 35.6 Å². The number of allylic oxidation sites excluding steroid dienone is 3. The van der Waals surface area contributed by atoms with Crippen molar-refractivity contribution in [1.29, 1.82) is 0 Å². The van der Waals surface area contributed by atoms with Gasteiger partial charge in [-0.15, -0.1) is 12.3 Å². The Morgan fingerprint density at radius 2 is 1.71 bits per heavy atom. The van der Waals surface area contributed by atoms with E-state index in [9.17, 15) is 0 Å². The maximum Gasteiger partial charge on any atom is 0.0338 e. The summed E-state index contributed by atoms with van der Waals surface area (Å²) in [5, 5.41) is 0. The first-order chi connectivity index (χ1) is 11.5. The molecule has 0 aromatic heterocycles. The zero-order valence-corrected chi connectivity index (χ0v) is 14.8. The van der Waals surface area contributed by atoms with Crippen LogP contribution < -0.4 is 0 Å². The predicted molar refractivity (Wildman–Crippen MR) is 106 cm³/mol. The number of hydrogen-bond donors (Lipinski definition) is 0. The highest BCUT2D eigenvalue weighted by atomic mass is 14.2. The lowest BCUT2D eigenvalue weighted by atomic mass is 9.84. The minimum Gasteiger partial charge on any atom is -0.120 e. The van der Waals surface area contributed by atoms with Gasteiger partial charge in [-0.05, 0) is 54.2 Å². The van der Waals surface area contributed by atoms with Gasteiger partial charge in [-0.3, -0.25) is 0 Å². The smallest absolute Gasteiger partial charge is 0.0338 e. The van der Waals surface area contributed by atoms with E-state index in [1.54, 1.807) is 0 Å². The summed E-state index contributed by atoms with van der Waals surface area (Å²) >= 11 is 0. The lowest BCUT2D eigenvalue weighted by Gasteiger charge is -2.20. The molecular formula is C24H24. The quantitative estimate of drug-likeness (QED) is 0.451. The van der Waals surface area contributed by atoms with Crippen molar-refractivity contribution in [2.45, 2.75) is 27.2 Å². The van der Waals surface area contributed by atoms with E-state index >= 15 is 0 Å². The summed E-state index contributed by atoms with van der Waals surface area (Å²) in [5.74, 6) is 2.71. The standard InChI is InChI=1S/C24H24/c1-7-11-20(6)23(17(2)3)24(21-12-9-8-10-13-21)22-16-18(4)14-15-19(22)5/h1,8-10,12-16H,2,6,11H2,3-5H3/b24-23+. The molecule has 0 aliphatic heterocycles. The molecule has 0 amide bonds. The SMILES string of the molecule is C#CCC(=C)/C(C(=C)C)=C(\c1ccccc1)c1cc(C)ccc1C. The second kappa shape index (κ2) is 7.66. The Kier molecular flexibility index (Phi) is 5.61. The molecular weight excluding hydrogens is 288 g/mol. The van der Waals surface area contributed by atoms with Crippen LogP contribution in [0.3, 0.4) is 0 Å². The van der Waals surface area contributed by atoms with E-state index in [0.717, 1.165) is 27.9 Å². The third kappa shape index (κ3) is 3.76. The van der Waals surface area contributed by atoms with Crippen LogP contribution in [-0.2, 0) is 0 Å². The van der Waals surface area contributed by atoms with Crippen molar-refractivity contribution < 1.29 is 0 Å². The molecule has 0 aliphatic rings. The molecule has 0 radical (unpaired) electrons. The number of hydrogen-bond acceptors (Lipinski definition) is 0. The summed E-state index contributed by atoms with van der Waals surface area (Å²) in [5.41, 5.74) is 8.95. The molecule has 0 heterocycles. The fourth-order valence-corrected chi connectivity index (χ4v) is 2.95. The van der Waals surface area contributed by atoms with E-state index in [4.69, 9.17) is 6.42 Å². The molecule has 0 bridgehead atoms. The van der Waals surface area contributed by atoms with Crippen LogP contribution in [0.15, 0.2) is 78.4 Å². The monoisotopic (exact) mass is 312 g/mol. The lowest BCUT2D eigenvalue weighted by molar-refractivity contribution is 1.25. The van der Waals surface area contributed by atoms with Crippen LogP contribution in [0.2, 0.25) is 0 Å². The second-order valence-electron chi connectivity index (χ2n) is 6.20. The Balaban J connectivity index is 2.87. The van der Waals surface area contributed by atoms with Crippen LogP contribution in [0.5, 0.6) is 0 Å². The van der Waals surface area contributed by atoms with E-state index in [2.05, 4.69) is 75.4 Å². The fraction of sp³-hybridized carbons (Fsp3) is 0.167. The van der Waals surface area contributed by atoms with Gasteiger partial charge < -0.3 is 0 Å². The van der Waals surface area contributed by atoms with Gasteiger partial charge in [0.2, 0.25) is 0 Å². The summed E-state index contributed by atoms with van der Waals surface area (Å²) in [6.45, 7) is 14.7. The minimum absolute atomic E-state index is 0.517. The van der Waals surface area contributed by atoms with Gasteiger partial charge in [0.1, 0.15) is 0 Å². The van der Waals surface area contributed by atoms with E-state index in [1.165, 1.54) is 16.7 Å². The number of aryl methyl sites for hydroxylation is 2. The van der Waals surface area contributed by atoms with Crippen molar-refractivity contribution >= 4 is 5.57 Å². The highest BCUT2D eigenvalue weighted by Gasteiger charge is 2.16. The van der Waals surface area contributed by atoms with Gasteiger partial charge in [-0.25, -0.2) is 0 Å². The van der Waals surface area contributed by atoms with E-state index in [0.29, 0.717) is 6.42 Å². The normalized spacial score (nSPS) is 11.4. The molecule has 2 aromatic carbocycles. The van der Waals surface area contributed by atoms with Crippen LogP contribution >= 0.6 is 0 Å². The molecule has 24 heavy (non-hydrogen) atoms. The molecule has 0 fully saturated rings. The Labute approximate surface area is 146 Å². The summed E-state index contributed by atoms with van der Waals surface area (Å²) in [4.78, 5) is 0. The molecule has 0 N–H and O–H groups in total. The van der Waals surface area contributed by atoms with Gasteiger partial charge in [-0.2, -0.15) is 0 Å². The van der Waals surface area contributed by atoms with Gasteiger partial charge in [0.05, 0.1) is 0 Å². The molecule has 2 rings (SSSR count). The molecule has 0 atom stereocenters. The average Bonchev–Trinajstić information content (AvgIpc) is 2.55. The highest BCUT2D eigenvalue weighted by Crippen LogP contribution is 2.36. The highest BCUT2D eigenvalue weighted by molar-refractivity contribution is 5.88. The Morgan fingerprint density at radius 1 is 1.04 bits per heavy atom. The molecule has 0 aliphatic carbocycles.